The van der Waals surface area contributed by atoms with Gasteiger partial charge in [-0.3, -0.25) is 4.79 Å². The van der Waals surface area contributed by atoms with Crippen molar-refractivity contribution in [3.63, 3.8) is 0 Å². The Bertz CT molecular complexity index is 652. The number of hydrogen-bond acceptors (Lipinski definition) is 3. The predicted molar refractivity (Wildman–Crippen MR) is 81.9 cm³/mol. The number of rotatable bonds is 4. The third-order valence-corrected chi connectivity index (χ3v) is 2.86. The van der Waals surface area contributed by atoms with Gasteiger partial charge in [-0.1, -0.05) is 36.4 Å². The Labute approximate surface area is 122 Å². The van der Waals surface area contributed by atoms with E-state index in [4.69, 9.17) is 0 Å². The molecule has 5 heteroatoms. The van der Waals surface area contributed by atoms with E-state index in [1.165, 1.54) is 13.0 Å². The van der Waals surface area contributed by atoms with Crippen molar-refractivity contribution in [2.45, 2.75) is 6.92 Å². The lowest BCUT2D eigenvalue weighted by Crippen LogP contribution is -2.99. The van der Waals surface area contributed by atoms with Crippen molar-refractivity contribution in [1.82, 2.24) is 0 Å². The van der Waals surface area contributed by atoms with Crippen LogP contribution in [0.15, 0.2) is 48.5 Å². The SMILES string of the molecule is CC(=O)Nc1ccc(C=Cc2ccccc2)c([NH+]([O-])O)c1. The molecule has 0 bridgehead atoms. The zero-order chi connectivity index (χ0) is 15.2. The fraction of sp³-hybridized carbons (Fsp3) is 0.0625. The average molecular weight is 284 g/mol. The highest BCUT2D eigenvalue weighted by Crippen LogP contribution is 2.20. The summed E-state index contributed by atoms with van der Waals surface area (Å²) in [4.78, 5) is 11.0. The molecule has 0 aliphatic rings. The molecule has 0 heterocycles. The van der Waals surface area contributed by atoms with Gasteiger partial charge in [-0.15, -0.1) is 0 Å². The van der Waals surface area contributed by atoms with Gasteiger partial charge >= 0.3 is 0 Å². The highest BCUT2D eigenvalue weighted by Gasteiger charge is 2.08. The van der Waals surface area contributed by atoms with Crippen LogP contribution in [-0.4, -0.2) is 11.1 Å². The Hall–Kier alpha value is -2.47. The number of hydrogen-bond donors (Lipinski definition) is 3. The Kier molecular flexibility index (Phi) is 4.84. The van der Waals surface area contributed by atoms with E-state index in [9.17, 15) is 15.2 Å². The summed E-state index contributed by atoms with van der Waals surface area (Å²) in [7, 11) is 0. The molecule has 0 aromatic heterocycles. The maximum Gasteiger partial charge on any atom is 0.221 e. The van der Waals surface area contributed by atoms with E-state index < -0.39 is 5.23 Å². The van der Waals surface area contributed by atoms with E-state index in [1.807, 2.05) is 36.4 Å². The van der Waals surface area contributed by atoms with Gasteiger partial charge in [0.1, 0.15) is 0 Å². The summed E-state index contributed by atoms with van der Waals surface area (Å²) in [5, 5.41) is 22.1. The minimum Gasteiger partial charge on any atom is -0.595 e. The Morgan fingerprint density at radius 3 is 2.52 bits per heavy atom. The van der Waals surface area contributed by atoms with Crippen molar-refractivity contribution in [3.05, 3.63) is 64.9 Å². The van der Waals surface area contributed by atoms with Crippen LogP contribution in [0.25, 0.3) is 12.2 Å². The predicted octanol–water partition coefficient (Wildman–Crippen LogP) is 2.22. The number of carbonyl (C=O) groups is 1. The smallest absolute Gasteiger partial charge is 0.221 e. The first-order valence-electron chi connectivity index (χ1n) is 6.44. The molecule has 108 valence electrons. The molecule has 3 N–H and O–H groups in total. The molecular formula is C16H16N2O3. The van der Waals surface area contributed by atoms with Gasteiger partial charge < -0.3 is 10.5 Å². The zero-order valence-electron chi connectivity index (χ0n) is 11.5. The van der Waals surface area contributed by atoms with Gasteiger partial charge in [-0.05, 0) is 23.8 Å². The molecule has 0 saturated heterocycles. The lowest BCUT2D eigenvalue weighted by molar-refractivity contribution is -0.991. The highest BCUT2D eigenvalue weighted by molar-refractivity contribution is 5.89. The second-order valence-corrected chi connectivity index (χ2v) is 4.53. The summed E-state index contributed by atoms with van der Waals surface area (Å²) in [5.41, 5.74) is 2.19. The minimum absolute atomic E-state index is 0.147. The van der Waals surface area contributed by atoms with Crippen molar-refractivity contribution in [2.24, 2.45) is 0 Å². The van der Waals surface area contributed by atoms with Crippen LogP contribution >= 0.6 is 0 Å². The second kappa shape index (κ2) is 6.81. The van der Waals surface area contributed by atoms with Crippen LogP contribution in [0.4, 0.5) is 11.4 Å². The molecule has 0 saturated carbocycles. The van der Waals surface area contributed by atoms with Crippen LogP contribution in [0.3, 0.4) is 0 Å². The fourth-order valence-electron chi connectivity index (χ4n) is 1.92. The molecule has 0 spiro atoms. The number of carbonyl (C=O) groups excluding carboxylic acids is 1. The van der Waals surface area contributed by atoms with Crippen LogP contribution in [-0.2, 0) is 4.79 Å². The lowest BCUT2D eigenvalue weighted by Gasteiger charge is -2.15. The van der Waals surface area contributed by atoms with Gasteiger partial charge in [-0.25, -0.2) is 5.21 Å². The Morgan fingerprint density at radius 2 is 1.90 bits per heavy atom. The summed E-state index contributed by atoms with van der Waals surface area (Å²) in [6.45, 7) is 1.38. The number of quaternary nitrogens is 1. The Balaban J connectivity index is 2.30. The monoisotopic (exact) mass is 284 g/mol. The molecule has 21 heavy (non-hydrogen) atoms. The molecule has 2 aromatic carbocycles. The standard InChI is InChI=1S/C16H16N2O3/c1-12(19)17-15-10-9-14(16(11-15)18(20)21)8-7-13-5-3-2-4-6-13/h2-11,18,20H,1H3,(H,17,19). The summed E-state index contributed by atoms with van der Waals surface area (Å²) in [6.07, 6.45) is 3.59. The van der Waals surface area contributed by atoms with E-state index in [0.717, 1.165) is 5.56 Å². The molecular weight excluding hydrogens is 268 g/mol. The van der Waals surface area contributed by atoms with Crippen LogP contribution in [0.2, 0.25) is 0 Å². The van der Waals surface area contributed by atoms with E-state index in [1.54, 1.807) is 18.2 Å². The largest absolute Gasteiger partial charge is 0.595 e. The summed E-state index contributed by atoms with van der Waals surface area (Å²) in [6, 6.07) is 14.4. The van der Waals surface area contributed by atoms with Crippen molar-refractivity contribution in [1.29, 1.82) is 0 Å². The molecule has 0 fully saturated rings. The molecule has 1 unspecified atom stereocenters. The molecule has 0 radical (unpaired) electrons. The highest BCUT2D eigenvalue weighted by atomic mass is 16.8. The van der Waals surface area contributed by atoms with Gasteiger partial charge in [0, 0.05) is 24.2 Å². The molecule has 0 aliphatic carbocycles. The lowest BCUT2D eigenvalue weighted by atomic mass is 10.1. The Morgan fingerprint density at radius 1 is 1.19 bits per heavy atom. The molecule has 2 aromatic rings. The minimum atomic E-state index is -1.03. The normalized spacial score (nSPS) is 12.3. The topological polar surface area (TPSA) is 76.8 Å². The summed E-state index contributed by atoms with van der Waals surface area (Å²) < 4.78 is 0. The van der Waals surface area contributed by atoms with Crippen molar-refractivity contribution < 1.29 is 15.2 Å². The average Bonchev–Trinajstić information content (AvgIpc) is 2.46. The van der Waals surface area contributed by atoms with E-state index >= 15 is 0 Å². The van der Waals surface area contributed by atoms with Crippen LogP contribution in [0.1, 0.15) is 18.1 Å². The van der Waals surface area contributed by atoms with E-state index in [0.29, 0.717) is 11.3 Å². The summed E-state index contributed by atoms with van der Waals surface area (Å²) >= 11 is 0. The number of benzene rings is 2. The zero-order valence-corrected chi connectivity index (χ0v) is 11.5. The van der Waals surface area contributed by atoms with Gasteiger partial charge in [0.05, 0.1) is 0 Å². The first kappa shape index (κ1) is 14.9. The van der Waals surface area contributed by atoms with Crippen molar-refractivity contribution >= 4 is 29.4 Å². The van der Waals surface area contributed by atoms with Crippen molar-refractivity contribution in [3.8, 4) is 0 Å². The maximum absolute atomic E-state index is 11.3. The van der Waals surface area contributed by atoms with Crippen LogP contribution in [0.5, 0.6) is 0 Å². The van der Waals surface area contributed by atoms with Crippen molar-refractivity contribution in [2.75, 3.05) is 5.32 Å². The third kappa shape index (κ3) is 4.25. The maximum atomic E-state index is 11.3. The molecule has 1 amide bonds. The molecule has 5 nitrogen and oxygen atoms in total. The number of nitrogens with one attached hydrogen (secondary N) is 2. The molecule has 2 rings (SSSR count). The quantitative estimate of drug-likeness (QED) is 0.595. The van der Waals surface area contributed by atoms with Crippen LogP contribution < -0.4 is 10.5 Å². The molecule has 1 atom stereocenters. The fourth-order valence-corrected chi connectivity index (χ4v) is 1.92. The number of anilines is 1. The van der Waals surface area contributed by atoms with Gasteiger partial charge in [0.2, 0.25) is 5.91 Å². The van der Waals surface area contributed by atoms with Gasteiger partial charge in [-0.2, -0.15) is 5.23 Å². The third-order valence-electron chi connectivity index (χ3n) is 2.86. The molecule has 0 aliphatic heterocycles. The van der Waals surface area contributed by atoms with E-state index in [-0.39, 0.29) is 11.6 Å². The second-order valence-electron chi connectivity index (χ2n) is 4.53. The van der Waals surface area contributed by atoms with Crippen LogP contribution in [0, 0.1) is 5.21 Å². The first-order valence-corrected chi connectivity index (χ1v) is 6.44. The van der Waals surface area contributed by atoms with E-state index in [2.05, 4.69) is 5.32 Å². The van der Waals surface area contributed by atoms with Gasteiger partial charge in [0.15, 0.2) is 5.69 Å². The number of amides is 1. The summed E-state index contributed by atoms with van der Waals surface area (Å²) in [5.74, 6) is -0.237. The first-order chi connectivity index (χ1) is 10.1. The van der Waals surface area contributed by atoms with Gasteiger partial charge in [0.25, 0.3) is 0 Å².